The van der Waals surface area contributed by atoms with Crippen molar-refractivity contribution in [1.29, 1.82) is 0 Å². The molecule has 0 spiro atoms. The molecule has 2 heterocycles. The Balaban J connectivity index is 1.92. The summed E-state index contributed by atoms with van der Waals surface area (Å²) in [6.45, 7) is 11.6. The van der Waals surface area contributed by atoms with E-state index >= 15 is 0 Å². The van der Waals surface area contributed by atoms with Gasteiger partial charge in [-0.1, -0.05) is 19.9 Å². The van der Waals surface area contributed by atoms with Gasteiger partial charge in [-0.2, -0.15) is 0 Å². The number of benzene rings is 1. The number of piperazine rings is 1. The van der Waals surface area contributed by atoms with Crippen molar-refractivity contribution >= 4 is 11.6 Å². The van der Waals surface area contributed by atoms with Crippen molar-refractivity contribution in [3.05, 3.63) is 23.8 Å². The van der Waals surface area contributed by atoms with Gasteiger partial charge in [-0.3, -0.25) is 9.69 Å². The summed E-state index contributed by atoms with van der Waals surface area (Å²) in [5, 5.41) is 3.43. The number of carbonyl (C=O) groups is 1. The van der Waals surface area contributed by atoms with Gasteiger partial charge in [0.25, 0.3) is 5.91 Å². The second-order valence-electron chi connectivity index (χ2n) is 7.09. The highest BCUT2D eigenvalue weighted by molar-refractivity contribution is 5.97. The number of ether oxygens (including phenoxy) is 1. The molecular formula is C19H29N3O2. The lowest BCUT2D eigenvalue weighted by atomic mass is 9.94. The normalized spacial score (nSPS) is 20.0. The van der Waals surface area contributed by atoms with E-state index in [1.807, 2.05) is 17.9 Å². The van der Waals surface area contributed by atoms with Gasteiger partial charge in [0.1, 0.15) is 5.75 Å². The molecule has 3 rings (SSSR count). The predicted molar refractivity (Wildman–Crippen MR) is 96.6 cm³/mol. The molecule has 2 aliphatic heterocycles. The van der Waals surface area contributed by atoms with Crippen LogP contribution in [0.15, 0.2) is 18.2 Å². The van der Waals surface area contributed by atoms with E-state index in [-0.39, 0.29) is 12.5 Å². The van der Waals surface area contributed by atoms with E-state index in [1.165, 1.54) is 5.56 Å². The summed E-state index contributed by atoms with van der Waals surface area (Å²) in [5.74, 6) is 1.50. The second-order valence-corrected chi connectivity index (χ2v) is 7.09. The van der Waals surface area contributed by atoms with Crippen molar-refractivity contribution in [3.63, 3.8) is 0 Å². The quantitative estimate of drug-likeness (QED) is 0.900. The molecule has 5 heteroatoms. The zero-order chi connectivity index (χ0) is 17.1. The van der Waals surface area contributed by atoms with Gasteiger partial charge in [0.15, 0.2) is 6.61 Å². The lowest BCUT2D eigenvalue weighted by Crippen LogP contribution is -2.45. The molecule has 5 nitrogen and oxygen atoms in total. The molecule has 0 radical (unpaired) electrons. The van der Waals surface area contributed by atoms with Crippen LogP contribution in [0.1, 0.15) is 38.8 Å². The maximum absolute atomic E-state index is 12.1. The SMILES string of the molecule is CCN1C(=O)COc2ccc(C(CC(C)C)N3CCNCC3)cc21. The van der Waals surface area contributed by atoms with E-state index in [2.05, 4.69) is 36.2 Å². The van der Waals surface area contributed by atoms with Gasteiger partial charge < -0.3 is 15.0 Å². The molecule has 132 valence electrons. The topological polar surface area (TPSA) is 44.8 Å². The van der Waals surface area contributed by atoms with Crippen LogP contribution in [0.4, 0.5) is 5.69 Å². The molecule has 1 aromatic carbocycles. The van der Waals surface area contributed by atoms with Crippen molar-refractivity contribution in [1.82, 2.24) is 10.2 Å². The van der Waals surface area contributed by atoms with Gasteiger partial charge in [-0.15, -0.1) is 0 Å². The fraction of sp³-hybridized carbons (Fsp3) is 0.632. The number of nitrogens with one attached hydrogen (secondary N) is 1. The maximum Gasteiger partial charge on any atom is 0.265 e. The summed E-state index contributed by atoms with van der Waals surface area (Å²) < 4.78 is 5.61. The molecule has 0 bridgehead atoms. The predicted octanol–water partition coefficient (Wildman–Crippen LogP) is 2.42. The number of fused-ring (bicyclic) bond motifs is 1. The fourth-order valence-corrected chi connectivity index (χ4v) is 3.71. The number of hydrogen-bond donors (Lipinski definition) is 1. The Morgan fingerprint density at radius 1 is 1.25 bits per heavy atom. The molecule has 1 aromatic rings. The Morgan fingerprint density at radius 3 is 2.67 bits per heavy atom. The van der Waals surface area contributed by atoms with Crippen LogP contribution < -0.4 is 15.0 Å². The third-order valence-electron chi connectivity index (χ3n) is 4.91. The molecule has 1 amide bonds. The first-order chi connectivity index (χ1) is 11.6. The lowest BCUT2D eigenvalue weighted by molar-refractivity contribution is -0.121. The fourth-order valence-electron chi connectivity index (χ4n) is 3.71. The summed E-state index contributed by atoms with van der Waals surface area (Å²) >= 11 is 0. The van der Waals surface area contributed by atoms with Crippen LogP contribution in [0.2, 0.25) is 0 Å². The van der Waals surface area contributed by atoms with Gasteiger partial charge >= 0.3 is 0 Å². The van der Waals surface area contributed by atoms with Gasteiger partial charge in [-0.05, 0) is 37.0 Å². The summed E-state index contributed by atoms with van der Waals surface area (Å²) in [6.07, 6.45) is 1.12. The van der Waals surface area contributed by atoms with Crippen LogP contribution in [-0.4, -0.2) is 50.1 Å². The minimum Gasteiger partial charge on any atom is -0.482 e. The van der Waals surface area contributed by atoms with Gasteiger partial charge in [-0.25, -0.2) is 0 Å². The Hall–Kier alpha value is -1.59. The van der Waals surface area contributed by atoms with E-state index in [4.69, 9.17) is 4.74 Å². The minimum absolute atomic E-state index is 0.0460. The first kappa shape index (κ1) is 17.2. The van der Waals surface area contributed by atoms with Crippen LogP contribution >= 0.6 is 0 Å². The Labute approximate surface area is 145 Å². The molecule has 2 aliphatic rings. The van der Waals surface area contributed by atoms with Gasteiger partial charge in [0, 0.05) is 38.8 Å². The molecule has 1 atom stereocenters. The molecular weight excluding hydrogens is 302 g/mol. The lowest BCUT2D eigenvalue weighted by Gasteiger charge is -2.37. The second kappa shape index (κ2) is 7.53. The highest BCUT2D eigenvalue weighted by atomic mass is 16.5. The summed E-state index contributed by atoms with van der Waals surface area (Å²) in [6, 6.07) is 6.78. The molecule has 0 aromatic heterocycles. The Bertz CT molecular complexity index is 582. The van der Waals surface area contributed by atoms with Crippen molar-refractivity contribution < 1.29 is 9.53 Å². The molecule has 1 saturated heterocycles. The number of nitrogens with zero attached hydrogens (tertiary/aromatic N) is 2. The summed E-state index contributed by atoms with van der Waals surface area (Å²) in [7, 11) is 0. The number of carbonyl (C=O) groups excluding carboxylic acids is 1. The van der Waals surface area contributed by atoms with E-state index in [0.717, 1.165) is 44.0 Å². The van der Waals surface area contributed by atoms with Crippen LogP contribution in [0.25, 0.3) is 0 Å². The summed E-state index contributed by atoms with van der Waals surface area (Å²) in [5.41, 5.74) is 2.22. The first-order valence-electron chi connectivity index (χ1n) is 9.12. The largest absolute Gasteiger partial charge is 0.482 e. The average molecular weight is 331 g/mol. The molecule has 0 saturated carbocycles. The first-order valence-corrected chi connectivity index (χ1v) is 9.12. The van der Waals surface area contributed by atoms with Crippen molar-refractivity contribution in [2.45, 2.75) is 33.2 Å². The third kappa shape index (κ3) is 3.57. The van der Waals surface area contributed by atoms with Gasteiger partial charge in [0.2, 0.25) is 0 Å². The highest BCUT2D eigenvalue weighted by Crippen LogP contribution is 2.37. The highest BCUT2D eigenvalue weighted by Gasteiger charge is 2.28. The molecule has 1 unspecified atom stereocenters. The van der Waals surface area contributed by atoms with E-state index in [0.29, 0.717) is 18.5 Å². The number of likely N-dealkylation sites (N-methyl/N-ethyl adjacent to an activating group) is 1. The zero-order valence-electron chi connectivity index (χ0n) is 15.0. The molecule has 0 aliphatic carbocycles. The summed E-state index contributed by atoms with van der Waals surface area (Å²) in [4.78, 5) is 16.5. The zero-order valence-corrected chi connectivity index (χ0v) is 15.0. The van der Waals surface area contributed by atoms with Crippen molar-refractivity contribution in [3.8, 4) is 5.75 Å². The Morgan fingerprint density at radius 2 is 2.00 bits per heavy atom. The van der Waals surface area contributed by atoms with Gasteiger partial charge in [0.05, 0.1) is 5.69 Å². The monoisotopic (exact) mass is 331 g/mol. The average Bonchev–Trinajstić information content (AvgIpc) is 2.60. The van der Waals surface area contributed by atoms with Crippen LogP contribution in [0.5, 0.6) is 5.75 Å². The van der Waals surface area contributed by atoms with Crippen LogP contribution in [0.3, 0.4) is 0 Å². The number of anilines is 1. The standard InChI is InChI=1S/C19H29N3O2/c1-4-22-17-12-15(5-6-18(17)24-13-19(22)23)16(11-14(2)3)21-9-7-20-8-10-21/h5-6,12,14,16,20H,4,7-11,13H2,1-3H3. The van der Waals surface area contributed by atoms with E-state index in [9.17, 15) is 4.79 Å². The maximum atomic E-state index is 12.1. The van der Waals surface area contributed by atoms with Crippen LogP contribution in [0, 0.1) is 5.92 Å². The molecule has 24 heavy (non-hydrogen) atoms. The molecule has 1 fully saturated rings. The smallest absolute Gasteiger partial charge is 0.265 e. The van der Waals surface area contributed by atoms with Crippen molar-refractivity contribution in [2.75, 3.05) is 44.2 Å². The van der Waals surface area contributed by atoms with E-state index < -0.39 is 0 Å². The number of amides is 1. The van der Waals surface area contributed by atoms with Crippen LogP contribution in [-0.2, 0) is 4.79 Å². The van der Waals surface area contributed by atoms with E-state index in [1.54, 1.807) is 0 Å². The number of rotatable bonds is 5. The third-order valence-corrected chi connectivity index (χ3v) is 4.91. The minimum atomic E-state index is 0.0460. The number of hydrogen-bond acceptors (Lipinski definition) is 4. The molecule has 1 N–H and O–H groups in total. The Kier molecular flexibility index (Phi) is 5.41. The van der Waals surface area contributed by atoms with Crippen molar-refractivity contribution in [2.24, 2.45) is 5.92 Å².